The predicted molar refractivity (Wildman–Crippen MR) is 63.0 cm³/mol. The van der Waals surface area contributed by atoms with Gasteiger partial charge in [0.15, 0.2) is 0 Å². The Morgan fingerprint density at radius 3 is 2.38 bits per heavy atom. The summed E-state index contributed by atoms with van der Waals surface area (Å²) in [7, 11) is 0. The summed E-state index contributed by atoms with van der Waals surface area (Å²) in [6.45, 7) is 2.08. The molecule has 92 valence electrons. The van der Waals surface area contributed by atoms with E-state index >= 15 is 0 Å². The Hall–Kier alpha value is -0.390. The average Bonchev–Trinajstić information content (AvgIpc) is 2.17. The first kappa shape index (κ1) is 15.6. The standard InChI is InChI=1S/C10H12F3NS.ClH/c1-2-15-9-4-3-8(10(11,12)13)5-7(9)6-14;/h3-5H,2,6,14H2,1H3;1H. The molecule has 2 N–H and O–H groups in total. The molecule has 0 amide bonds. The van der Waals surface area contributed by atoms with Crippen molar-refractivity contribution in [3.63, 3.8) is 0 Å². The molecular weight excluding hydrogens is 259 g/mol. The zero-order chi connectivity index (χ0) is 11.5. The molecule has 0 aromatic heterocycles. The molecule has 1 aromatic rings. The highest BCUT2D eigenvalue weighted by Gasteiger charge is 2.30. The van der Waals surface area contributed by atoms with E-state index in [-0.39, 0.29) is 19.0 Å². The van der Waals surface area contributed by atoms with Crippen LogP contribution in [0, 0.1) is 0 Å². The van der Waals surface area contributed by atoms with Gasteiger partial charge < -0.3 is 5.73 Å². The van der Waals surface area contributed by atoms with E-state index in [1.807, 2.05) is 6.92 Å². The Morgan fingerprint density at radius 1 is 1.31 bits per heavy atom. The molecule has 0 aliphatic carbocycles. The van der Waals surface area contributed by atoms with Gasteiger partial charge in [-0.05, 0) is 29.5 Å². The number of hydrogen-bond donors (Lipinski definition) is 1. The predicted octanol–water partition coefficient (Wildman–Crippen LogP) is 3.70. The second-order valence-corrected chi connectivity index (χ2v) is 4.26. The Kier molecular flexibility index (Phi) is 6.22. The molecule has 0 aliphatic heterocycles. The second-order valence-electron chi connectivity index (χ2n) is 2.96. The van der Waals surface area contributed by atoms with Crippen LogP contribution in [0.15, 0.2) is 23.1 Å². The van der Waals surface area contributed by atoms with Crippen molar-refractivity contribution in [1.82, 2.24) is 0 Å². The monoisotopic (exact) mass is 271 g/mol. The van der Waals surface area contributed by atoms with Gasteiger partial charge in [0.2, 0.25) is 0 Å². The van der Waals surface area contributed by atoms with Crippen LogP contribution in [0.5, 0.6) is 0 Å². The minimum atomic E-state index is -4.29. The summed E-state index contributed by atoms with van der Waals surface area (Å²) in [6.07, 6.45) is -4.29. The minimum absolute atomic E-state index is 0. The van der Waals surface area contributed by atoms with Gasteiger partial charge in [0.05, 0.1) is 5.56 Å². The van der Waals surface area contributed by atoms with Crippen LogP contribution < -0.4 is 5.73 Å². The van der Waals surface area contributed by atoms with Gasteiger partial charge >= 0.3 is 6.18 Å². The molecule has 0 fully saturated rings. The Bertz CT molecular complexity index is 341. The second kappa shape index (κ2) is 6.37. The molecule has 0 spiro atoms. The van der Waals surface area contributed by atoms with Gasteiger partial charge in [0, 0.05) is 11.4 Å². The number of benzene rings is 1. The molecule has 0 atom stereocenters. The van der Waals surface area contributed by atoms with Crippen molar-refractivity contribution in [2.24, 2.45) is 5.73 Å². The fraction of sp³-hybridized carbons (Fsp3) is 0.400. The summed E-state index contributed by atoms with van der Waals surface area (Å²) in [6, 6.07) is 3.70. The van der Waals surface area contributed by atoms with E-state index in [0.29, 0.717) is 5.56 Å². The van der Waals surface area contributed by atoms with Crippen molar-refractivity contribution in [2.45, 2.75) is 24.5 Å². The molecule has 1 aromatic carbocycles. The van der Waals surface area contributed by atoms with Gasteiger partial charge in [0.1, 0.15) is 0 Å². The first-order valence-electron chi connectivity index (χ1n) is 4.52. The van der Waals surface area contributed by atoms with E-state index < -0.39 is 11.7 Å². The van der Waals surface area contributed by atoms with Crippen molar-refractivity contribution in [3.8, 4) is 0 Å². The van der Waals surface area contributed by atoms with E-state index in [2.05, 4.69) is 0 Å². The van der Waals surface area contributed by atoms with E-state index in [1.54, 1.807) is 0 Å². The molecule has 0 bridgehead atoms. The van der Waals surface area contributed by atoms with Gasteiger partial charge in [0.25, 0.3) is 0 Å². The molecular formula is C10H13ClF3NS. The summed E-state index contributed by atoms with van der Waals surface area (Å²) >= 11 is 1.50. The molecule has 1 nitrogen and oxygen atoms in total. The van der Waals surface area contributed by atoms with Gasteiger partial charge in [-0.15, -0.1) is 24.2 Å². The maximum absolute atomic E-state index is 12.4. The lowest BCUT2D eigenvalue weighted by Gasteiger charge is -2.11. The summed E-state index contributed by atoms with van der Waals surface area (Å²) in [4.78, 5) is 0.827. The van der Waals surface area contributed by atoms with E-state index in [0.717, 1.165) is 22.8 Å². The summed E-state index contributed by atoms with van der Waals surface area (Å²) in [5.41, 5.74) is 5.33. The number of hydrogen-bond acceptors (Lipinski definition) is 2. The fourth-order valence-corrected chi connectivity index (χ4v) is 2.01. The minimum Gasteiger partial charge on any atom is -0.326 e. The normalized spacial score (nSPS) is 11.1. The lowest BCUT2D eigenvalue weighted by atomic mass is 10.1. The Labute approximate surface area is 103 Å². The van der Waals surface area contributed by atoms with Crippen LogP contribution in [-0.2, 0) is 12.7 Å². The van der Waals surface area contributed by atoms with Crippen LogP contribution in [0.1, 0.15) is 18.1 Å². The fourth-order valence-electron chi connectivity index (χ4n) is 1.21. The number of rotatable bonds is 3. The zero-order valence-corrected chi connectivity index (χ0v) is 10.3. The van der Waals surface area contributed by atoms with Crippen LogP contribution >= 0.6 is 24.2 Å². The smallest absolute Gasteiger partial charge is 0.326 e. The van der Waals surface area contributed by atoms with Crippen molar-refractivity contribution < 1.29 is 13.2 Å². The van der Waals surface area contributed by atoms with Crippen LogP contribution in [0.2, 0.25) is 0 Å². The van der Waals surface area contributed by atoms with E-state index in [4.69, 9.17) is 5.73 Å². The van der Waals surface area contributed by atoms with Gasteiger partial charge in [-0.25, -0.2) is 0 Å². The highest BCUT2D eigenvalue weighted by atomic mass is 35.5. The number of nitrogens with two attached hydrogens (primary N) is 1. The highest BCUT2D eigenvalue weighted by Crippen LogP contribution is 2.32. The summed E-state index contributed by atoms with van der Waals surface area (Å²) in [5, 5.41) is 0. The maximum Gasteiger partial charge on any atom is 0.416 e. The van der Waals surface area contributed by atoms with Crippen molar-refractivity contribution in [2.75, 3.05) is 5.75 Å². The quantitative estimate of drug-likeness (QED) is 0.849. The number of alkyl halides is 3. The molecule has 0 aliphatic rings. The summed E-state index contributed by atoms with van der Waals surface area (Å²) in [5.74, 6) is 0.818. The van der Waals surface area contributed by atoms with Crippen molar-refractivity contribution in [3.05, 3.63) is 29.3 Å². The average molecular weight is 272 g/mol. The molecule has 6 heteroatoms. The molecule has 16 heavy (non-hydrogen) atoms. The Morgan fingerprint density at radius 2 is 1.94 bits per heavy atom. The molecule has 0 saturated carbocycles. The topological polar surface area (TPSA) is 26.0 Å². The lowest BCUT2D eigenvalue weighted by Crippen LogP contribution is -2.07. The largest absolute Gasteiger partial charge is 0.416 e. The van der Waals surface area contributed by atoms with Crippen LogP contribution in [-0.4, -0.2) is 5.75 Å². The zero-order valence-electron chi connectivity index (χ0n) is 8.67. The maximum atomic E-state index is 12.4. The van der Waals surface area contributed by atoms with Gasteiger partial charge in [-0.2, -0.15) is 13.2 Å². The van der Waals surface area contributed by atoms with Crippen molar-refractivity contribution in [1.29, 1.82) is 0 Å². The van der Waals surface area contributed by atoms with Gasteiger partial charge in [-0.3, -0.25) is 0 Å². The van der Waals surface area contributed by atoms with E-state index in [1.165, 1.54) is 17.8 Å². The first-order valence-corrected chi connectivity index (χ1v) is 5.50. The van der Waals surface area contributed by atoms with Gasteiger partial charge in [-0.1, -0.05) is 6.92 Å². The SMILES string of the molecule is CCSc1ccc(C(F)(F)F)cc1CN.Cl. The first-order chi connectivity index (χ1) is 6.99. The molecule has 0 unspecified atom stereocenters. The molecule has 1 rings (SSSR count). The van der Waals surface area contributed by atoms with Crippen LogP contribution in [0.3, 0.4) is 0 Å². The van der Waals surface area contributed by atoms with Crippen LogP contribution in [0.4, 0.5) is 13.2 Å². The molecule has 0 saturated heterocycles. The highest BCUT2D eigenvalue weighted by molar-refractivity contribution is 7.99. The molecule has 0 radical (unpaired) electrons. The molecule has 0 heterocycles. The number of halogens is 4. The number of thioether (sulfide) groups is 1. The lowest BCUT2D eigenvalue weighted by molar-refractivity contribution is -0.137. The Balaban J connectivity index is 0.00000225. The third-order valence-electron chi connectivity index (χ3n) is 1.91. The third-order valence-corrected chi connectivity index (χ3v) is 2.91. The summed E-state index contributed by atoms with van der Waals surface area (Å²) < 4.78 is 37.1. The van der Waals surface area contributed by atoms with Crippen molar-refractivity contribution >= 4 is 24.2 Å². The van der Waals surface area contributed by atoms with E-state index in [9.17, 15) is 13.2 Å². The third kappa shape index (κ3) is 3.88. The van der Waals surface area contributed by atoms with Crippen LogP contribution in [0.25, 0.3) is 0 Å².